The van der Waals surface area contributed by atoms with E-state index in [2.05, 4.69) is 5.32 Å². The third kappa shape index (κ3) is 3.87. The molecule has 0 saturated carbocycles. The van der Waals surface area contributed by atoms with Crippen molar-refractivity contribution in [3.05, 3.63) is 54.0 Å². The van der Waals surface area contributed by atoms with Crippen LogP contribution in [0.3, 0.4) is 0 Å². The number of ketones is 1. The third-order valence-corrected chi connectivity index (χ3v) is 3.09. The van der Waals surface area contributed by atoms with E-state index in [1.54, 1.807) is 19.1 Å². The van der Waals surface area contributed by atoms with Gasteiger partial charge >= 0.3 is 5.97 Å². The number of hydrogen-bond acceptors (Lipinski definition) is 6. The van der Waals surface area contributed by atoms with Crippen molar-refractivity contribution in [2.75, 3.05) is 11.9 Å². The van der Waals surface area contributed by atoms with Crippen molar-refractivity contribution in [2.45, 2.75) is 6.92 Å². The lowest BCUT2D eigenvalue weighted by atomic mass is 9.99. The summed E-state index contributed by atoms with van der Waals surface area (Å²) >= 11 is 0. The summed E-state index contributed by atoms with van der Waals surface area (Å²) in [7, 11) is 0. The first-order valence-electron chi connectivity index (χ1n) is 7.12. The number of amides is 1. The highest BCUT2D eigenvalue weighted by Gasteiger charge is 2.28. The molecule has 7 heteroatoms. The SMILES string of the molecule is CCOC(=O)[C@@H](C#N)C(=O)c1ccc(NC(=O)c2ccco2)cc1. The van der Waals surface area contributed by atoms with Gasteiger partial charge in [0.05, 0.1) is 18.9 Å². The molecule has 0 saturated heterocycles. The van der Waals surface area contributed by atoms with E-state index >= 15 is 0 Å². The van der Waals surface area contributed by atoms with Gasteiger partial charge in [0.2, 0.25) is 5.92 Å². The van der Waals surface area contributed by atoms with Crippen LogP contribution >= 0.6 is 0 Å². The van der Waals surface area contributed by atoms with Crippen LogP contribution in [-0.2, 0) is 9.53 Å². The van der Waals surface area contributed by atoms with E-state index in [9.17, 15) is 14.4 Å². The second-order valence-electron chi connectivity index (χ2n) is 4.69. The van der Waals surface area contributed by atoms with Crippen LogP contribution in [0.2, 0.25) is 0 Å². The Morgan fingerprint density at radius 3 is 2.50 bits per heavy atom. The zero-order valence-electron chi connectivity index (χ0n) is 12.8. The molecule has 2 rings (SSSR count). The van der Waals surface area contributed by atoms with E-state index in [0.29, 0.717) is 5.69 Å². The van der Waals surface area contributed by atoms with E-state index in [1.165, 1.54) is 36.6 Å². The van der Waals surface area contributed by atoms with Gasteiger partial charge in [0.15, 0.2) is 11.5 Å². The van der Waals surface area contributed by atoms with Gasteiger partial charge in [-0.1, -0.05) is 0 Å². The lowest BCUT2D eigenvalue weighted by Crippen LogP contribution is -2.25. The van der Waals surface area contributed by atoms with Crippen LogP contribution in [0.25, 0.3) is 0 Å². The van der Waals surface area contributed by atoms with Crippen LogP contribution in [0.1, 0.15) is 27.8 Å². The number of benzene rings is 1. The molecule has 1 aromatic carbocycles. The summed E-state index contributed by atoms with van der Waals surface area (Å²) in [6, 6.07) is 10.6. The second kappa shape index (κ2) is 7.74. The number of carbonyl (C=O) groups is 3. The highest BCUT2D eigenvalue weighted by Crippen LogP contribution is 2.15. The molecule has 0 aliphatic carbocycles. The summed E-state index contributed by atoms with van der Waals surface area (Å²) < 4.78 is 9.68. The quantitative estimate of drug-likeness (QED) is 0.496. The molecule has 7 nitrogen and oxygen atoms in total. The van der Waals surface area contributed by atoms with Gasteiger partial charge in [-0.05, 0) is 43.3 Å². The number of nitrogens with one attached hydrogen (secondary N) is 1. The summed E-state index contributed by atoms with van der Waals surface area (Å²) in [4.78, 5) is 35.6. The van der Waals surface area contributed by atoms with Crippen LogP contribution in [0.5, 0.6) is 0 Å². The molecule has 1 N–H and O–H groups in total. The zero-order chi connectivity index (χ0) is 17.5. The number of ether oxygens (including phenoxy) is 1. The van der Waals surface area contributed by atoms with Crippen molar-refractivity contribution in [1.82, 2.24) is 0 Å². The first kappa shape index (κ1) is 17.0. The van der Waals surface area contributed by atoms with Crippen molar-refractivity contribution >= 4 is 23.3 Å². The predicted molar refractivity (Wildman–Crippen MR) is 83.2 cm³/mol. The van der Waals surface area contributed by atoms with Crippen LogP contribution in [0.15, 0.2) is 47.1 Å². The van der Waals surface area contributed by atoms with Gasteiger partial charge in [0.25, 0.3) is 5.91 Å². The van der Waals surface area contributed by atoms with Gasteiger partial charge in [-0.15, -0.1) is 0 Å². The fourth-order valence-corrected chi connectivity index (χ4v) is 1.93. The van der Waals surface area contributed by atoms with E-state index in [1.807, 2.05) is 0 Å². The Morgan fingerprint density at radius 2 is 1.96 bits per heavy atom. The smallest absolute Gasteiger partial charge is 0.331 e. The Bertz CT molecular complexity index is 772. The molecular weight excluding hydrogens is 312 g/mol. The largest absolute Gasteiger partial charge is 0.465 e. The molecule has 0 radical (unpaired) electrons. The molecule has 1 heterocycles. The Balaban J connectivity index is 2.08. The van der Waals surface area contributed by atoms with Gasteiger partial charge < -0.3 is 14.5 Å². The van der Waals surface area contributed by atoms with Crippen molar-refractivity contribution < 1.29 is 23.5 Å². The van der Waals surface area contributed by atoms with Crippen LogP contribution < -0.4 is 5.32 Å². The highest BCUT2D eigenvalue weighted by molar-refractivity contribution is 6.11. The molecule has 0 spiro atoms. The molecule has 1 aromatic heterocycles. The average molecular weight is 326 g/mol. The van der Waals surface area contributed by atoms with Crippen molar-refractivity contribution in [3.8, 4) is 6.07 Å². The molecule has 0 bridgehead atoms. The fraction of sp³-hybridized carbons (Fsp3) is 0.176. The van der Waals surface area contributed by atoms with Gasteiger partial charge in [0.1, 0.15) is 0 Å². The van der Waals surface area contributed by atoms with Gasteiger partial charge in [-0.25, -0.2) is 0 Å². The first-order chi connectivity index (χ1) is 11.6. The Labute approximate surface area is 137 Å². The van der Waals surface area contributed by atoms with Crippen LogP contribution in [0, 0.1) is 17.2 Å². The number of Topliss-reactive ketones (excluding diaryl/α,β-unsaturated/α-hetero) is 1. The maximum Gasteiger partial charge on any atom is 0.331 e. The minimum Gasteiger partial charge on any atom is -0.465 e. The fourth-order valence-electron chi connectivity index (χ4n) is 1.93. The van der Waals surface area contributed by atoms with E-state index in [-0.39, 0.29) is 17.9 Å². The number of nitriles is 1. The number of esters is 1. The van der Waals surface area contributed by atoms with Gasteiger partial charge in [-0.2, -0.15) is 5.26 Å². The van der Waals surface area contributed by atoms with E-state index < -0.39 is 23.6 Å². The second-order valence-corrected chi connectivity index (χ2v) is 4.69. The van der Waals surface area contributed by atoms with Gasteiger partial charge in [-0.3, -0.25) is 14.4 Å². The minimum atomic E-state index is -1.51. The molecule has 24 heavy (non-hydrogen) atoms. The summed E-state index contributed by atoms with van der Waals surface area (Å²) in [5.74, 6) is -3.31. The molecule has 0 fully saturated rings. The van der Waals surface area contributed by atoms with Crippen LogP contribution in [-0.4, -0.2) is 24.3 Å². The molecule has 122 valence electrons. The summed E-state index contributed by atoms with van der Waals surface area (Å²) in [6.45, 7) is 1.68. The highest BCUT2D eigenvalue weighted by atomic mass is 16.5. The predicted octanol–water partition coefficient (Wildman–Crippen LogP) is 2.42. The lowest BCUT2D eigenvalue weighted by molar-refractivity contribution is -0.144. The number of furan rings is 1. The number of nitrogens with zero attached hydrogens (tertiary/aromatic N) is 1. The van der Waals surface area contributed by atoms with Gasteiger partial charge in [0, 0.05) is 11.3 Å². The van der Waals surface area contributed by atoms with E-state index in [0.717, 1.165) is 0 Å². The molecule has 0 aliphatic rings. The molecular formula is C17H14N2O5. The summed E-state index contributed by atoms with van der Waals surface area (Å²) in [6.07, 6.45) is 1.38. The standard InChI is InChI=1S/C17H14N2O5/c1-2-23-17(22)13(10-18)15(20)11-5-7-12(8-6-11)19-16(21)14-4-3-9-24-14/h3-9,13H,2H2,1H3,(H,19,21)/t13-/m0/s1. The molecule has 2 aromatic rings. The Morgan fingerprint density at radius 1 is 1.25 bits per heavy atom. The number of carbonyl (C=O) groups excluding carboxylic acids is 3. The third-order valence-electron chi connectivity index (χ3n) is 3.09. The molecule has 1 atom stereocenters. The van der Waals surface area contributed by atoms with Crippen LogP contribution in [0.4, 0.5) is 5.69 Å². The Hall–Kier alpha value is -3.40. The zero-order valence-corrected chi connectivity index (χ0v) is 12.8. The number of rotatable bonds is 6. The monoisotopic (exact) mass is 326 g/mol. The normalized spacial score (nSPS) is 11.2. The summed E-state index contributed by atoms with van der Waals surface area (Å²) in [5, 5.41) is 11.6. The number of hydrogen-bond donors (Lipinski definition) is 1. The lowest BCUT2D eigenvalue weighted by Gasteiger charge is -2.08. The molecule has 0 unspecified atom stereocenters. The van der Waals surface area contributed by atoms with Crippen molar-refractivity contribution in [2.24, 2.45) is 5.92 Å². The molecule has 0 aliphatic heterocycles. The Kier molecular flexibility index (Phi) is 5.47. The number of anilines is 1. The topological polar surface area (TPSA) is 109 Å². The minimum absolute atomic E-state index is 0.0854. The van der Waals surface area contributed by atoms with Crippen molar-refractivity contribution in [1.29, 1.82) is 5.26 Å². The van der Waals surface area contributed by atoms with E-state index in [4.69, 9.17) is 14.4 Å². The molecule has 1 amide bonds. The maximum absolute atomic E-state index is 12.2. The summed E-state index contributed by atoms with van der Waals surface area (Å²) in [5.41, 5.74) is 0.614. The average Bonchev–Trinajstić information content (AvgIpc) is 3.11. The first-order valence-corrected chi connectivity index (χ1v) is 7.12. The van der Waals surface area contributed by atoms with Crippen molar-refractivity contribution in [3.63, 3.8) is 0 Å². The maximum atomic E-state index is 12.2.